The van der Waals surface area contributed by atoms with Crippen molar-refractivity contribution in [3.8, 4) is 16.9 Å². The Morgan fingerprint density at radius 2 is 2.03 bits per heavy atom. The number of ether oxygens (including phenoxy) is 2. The van der Waals surface area contributed by atoms with Crippen LogP contribution in [0.15, 0.2) is 60.0 Å². The van der Waals surface area contributed by atoms with Gasteiger partial charge in [-0.05, 0) is 70.0 Å². The summed E-state index contributed by atoms with van der Waals surface area (Å²) in [6.45, 7) is 4.69. The quantitative estimate of drug-likeness (QED) is 0.413. The van der Waals surface area contributed by atoms with Gasteiger partial charge in [-0.25, -0.2) is 4.39 Å². The lowest BCUT2D eigenvalue weighted by Crippen LogP contribution is -2.31. The molecule has 1 saturated heterocycles. The third-order valence-corrected chi connectivity index (χ3v) is 6.44. The molecular formula is C27H27FO4S. The molecule has 1 aliphatic heterocycles. The zero-order chi connectivity index (χ0) is 23.4. The van der Waals surface area contributed by atoms with E-state index in [0.29, 0.717) is 13.0 Å². The van der Waals surface area contributed by atoms with Crippen molar-refractivity contribution < 1.29 is 23.8 Å². The highest BCUT2D eigenvalue weighted by molar-refractivity contribution is 7.09. The van der Waals surface area contributed by atoms with Gasteiger partial charge < -0.3 is 14.6 Å². The first-order chi connectivity index (χ1) is 15.9. The largest absolute Gasteiger partial charge is 0.488 e. The minimum Gasteiger partial charge on any atom is -0.488 e. The zero-order valence-corrected chi connectivity index (χ0v) is 19.5. The monoisotopic (exact) mass is 466 g/mol. The first-order valence-electron chi connectivity index (χ1n) is 11.0. The van der Waals surface area contributed by atoms with Crippen molar-refractivity contribution in [1.29, 1.82) is 0 Å². The maximum atomic E-state index is 13.6. The van der Waals surface area contributed by atoms with Crippen molar-refractivity contribution in [2.75, 3.05) is 0 Å². The Kier molecular flexibility index (Phi) is 7.26. The third kappa shape index (κ3) is 5.89. The van der Waals surface area contributed by atoms with E-state index in [1.54, 1.807) is 23.5 Å². The number of rotatable bonds is 7. The van der Waals surface area contributed by atoms with E-state index < -0.39 is 18.2 Å². The Bertz CT molecular complexity index is 1120. The SMILES string of the molecule is CC(C)c1cc(OCc2cccs2)cc(-c2ccc(F)cc2)c1/C=C/C1CC(O)CC(=O)O1. The summed E-state index contributed by atoms with van der Waals surface area (Å²) in [5, 5.41) is 12.0. The van der Waals surface area contributed by atoms with E-state index >= 15 is 0 Å². The van der Waals surface area contributed by atoms with Gasteiger partial charge in [0.1, 0.15) is 24.3 Å². The predicted octanol–water partition coefficient (Wildman–Crippen LogP) is 6.34. The molecule has 2 heterocycles. The fraction of sp³-hybridized carbons (Fsp3) is 0.296. The van der Waals surface area contributed by atoms with E-state index in [1.165, 1.54) is 12.1 Å². The fourth-order valence-corrected chi connectivity index (χ4v) is 4.56. The Hall–Kier alpha value is -2.96. The molecule has 2 unspecified atom stereocenters. The zero-order valence-electron chi connectivity index (χ0n) is 18.7. The molecule has 0 amide bonds. The van der Waals surface area contributed by atoms with Crippen LogP contribution in [0.4, 0.5) is 4.39 Å². The molecule has 1 fully saturated rings. The van der Waals surface area contributed by atoms with Gasteiger partial charge in [-0.1, -0.05) is 38.1 Å². The smallest absolute Gasteiger partial charge is 0.309 e. The number of aliphatic hydroxyl groups is 1. The summed E-state index contributed by atoms with van der Waals surface area (Å²) in [6, 6.07) is 14.4. The molecule has 1 aromatic heterocycles. The molecule has 33 heavy (non-hydrogen) atoms. The van der Waals surface area contributed by atoms with Crippen LogP contribution in [0.3, 0.4) is 0 Å². The van der Waals surface area contributed by atoms with Gasteiger partial charge in [0.25, 0.3) is 0 Å². The number of halogens is 1. The molecule has 4 nitrogen and oxygen atoms in total. The molecule has 1 aliphatic rings. The minimum atomic E-state index is -0.699. The lowest BCUT2D eigenvalue weighted by molar-refractivity contribution is -0.156. The molecular weight excluding hydrogens is 439 g/mol. The second kappa shape index (κ2) is 10.3. The van der Waals surface area contributed by atoms with E-state index in [0.717, 1.165) is 32.9 Å². The van der Waals surface area contributed by atoms with Crippen LogP contribution in [-0.4, -0.2) is 23.3 Å². The van der Waals surface area contributed by atoms with E-state index in [1.807, 2.05) is 41.8 Å². The molecule has 0 spiro atoms. The fourth-order valence-electron chi connectivity index (χ4n) is 3.94. The molecule has 0 radical (unpaired) electrons. The number of esters is 1. The van der Waals surface area contributed by atoms with Gasteiger partial charge in [-0.2, -0.15) is 0 Å². The molecule has 1 N–H and O–H groups in total. The Balaban J connectivity index is 1.74. The van der Waals surface area contributed by atoms with Gasteiger partial charge in [0.05, 0.1) is 12.5 Å². The molecule has 0 aliphatic carbocycles. The van der Waals surface area contributed by atoms with Crippen LogP contribution in [0, 0.1) is 5.82 Å². The molecule has 2 atom stereocenters. The van der Waals surface area contributed by atoms with Crippen LogP contribution in [0.1, 0.15) is 48.6 Å². The molecule has 172 valence electrons. The molecule has 0 saturated carbocycles. The number of thiophene rings is 1. The van der Waals surface area contributed by atoms with Gasteiger partial charge in [0.2, 0.25) is 0 Å². The summed E-state index contributed by atoms with van der Waals surface area (Å²) in [7, 11) is 0. The van der Waals surface area contributed by atoms with Gasteiger partial charge in [-0.3, -0.25) is 4.79 Å². The van der Waals surface area contributed by atoms with Crippen LogP contribution in [0.2, 0.25) is 0 Å². The van der Waals surface area contributed by atoms with Crippen LogP contribution >= 0.6 is 11.3 Å². The average Bonchev–Trinajstić information content (AvgIpc) is 3.29. The van der Waals surface area contributed by atoms with Crippen LogP contribution in [0.5, 0.6) is 5.75 Å². The summed E-state index contributed by atoms with van der Waals surface area (Å²) in [6.07, 6.45) is 2.96. The predicted molar refractivity (Wildman–Crippen MR) is 129 cm³/mol. The number of hydrogen-bond acceptors (Lipinski definition) is 5. The highest BCUT2D eigenvalue weighted by Gasteiger charge is 2.25. The number of carbonyl (C=O) groups excluding carboxylic acids is 1. The van der Waals surface area contributed by atoms with Gasteiger partial charge in [0, 0.05) is 11.3 Å². The molecule has 0 bridgehead atoms. The highest BCUT2D eigenvalue weighted by atomic mass is 32.1. The summed E-state index contributed by atoms with van der Waals surface area (Å²) in [4.78, 5) is 12.9. The standard InChI is InChI=1S/C27H27FO4S/c1-17(2)25-14-22(31-16-23-4-3-11-33-23)15-26(18-5-7-19(28)8-6-18)24(25)10-9-21-12-20(29)13-27(30)32-21/h3-11,14-15,17,20-21,29H,12-13,16H2,1-2H3/b10-9+. The normalized spacial score (nSPS) is 18.6. The lowest BCUT2D eigenvalue weighted by Gasteiger charge is -2.24. The Labute approximate surface area is 197 Å². The molecule has 3 aromatic rings. The topological polar surface area (TPSA) is 55.8 Å². The van der Waals surface area contributed by atoms with Crippen molar-refractivity contribution in [2.24, 2.45) is 0 Å². The summed E-state index contributed by atoms with van der Waals surface area (Å²) in [5.74, 6) is 0.230. The maximum absolute atomic E-state index is 13.6. The number of benzene rings is 2. The number of cyclic esters (lactones) is 1. The number of carbonyl (C=O) groups is 1. The second-order valence-electron chi connectivity index (χ2n) is 8.48. The number of hydrogen-bond donors (Lipinski definition) is 1. The lowest BCUT2D eigenvalue weighted by atomic mass is 9.89. The first kappa shape index (κ1) is 23.2. The van der Waals surface area contributed by atoms with Gasteiger partial charge in [0.15, 0.2) is 0 Å². The molecule has 4 rings (SSSR count). The van der Waals surface area contributed by atoms with Crippen molar-refractivity contribution >= 4 is 23.4 Å². The third-order valence-electron chi connectivity index (χ3n) is 5.59. The van der Waals surface area contributed by atoms with Crippen LogP contribution in [-0.2, 0) is 16.1 Å². The van der Waals surface area contributed by atoms with Gasteiger partial charge >= 0.3 is 5.97 Å². The van der Waals surface area contributed by atoms with E-state index in [9.17, 15) is 14.3 Å². The van der Waals surface area contributed by atoms with Crippen molar-refractivity contribution in [3.05, 3.63) is 81.8 Å². The molecule has 6 heteroatoms. The van der Waals surface area contributed by atoms with Crippen LogP contribution in [0.25, 0.3) is 17.2 Å². The van der Waals surface area contributed by atoms with Crippen molar-refractivity contribution in [2.45, 2.75) is 51.4 Å². The second-order valence-corrected chi connectivity index (χ2v) is 9.52. The van der Waals surface area contributed by atoms with E-state index in [-0.39, 0.29) is 18.2 Å². The Morgan fingerprint density at radius 1 is 1.24 bits per heavy atom. The summed E-state index contributed by atoms with van der Waals surface area (Å²) in [5.41, 5.74) is 3.79. The summed E-state index contributed by atoms with van der Waals surface area (Å²) >= 11 is 1.64. The van der Waals surface area contributed by atoms with Crippen LogP contribution < -0.4 is 4.74 Å². The summed E-state index contributed by atoms with van der Waals surface area (Å²) < 4.78 is 25.1. The highest BCUT2D eigenvalue weighted by Crippen LogP contribution is 2.36. The van der Waals surface area contributed by atoms with E-state index in [2.05, 4.69) is 13.8 Å². The Morgan fingerprint density at radius 3 is 2.70 bits per heavy atom. The maximum Gasteiger partial charge on any atom is 0.309 e. The molecule has 2 aromatic carbocycles. The minimum absolute atomic E-state index is 0.0265. The number of aliphatic hydroxyl groups excluding tert-OH is 1. The van der Waals surface area contributed by atoms with Gasteiger partial charge in [-0.15, -0.1) is 11.3 Å². The van der Waals surface area contributed by atoms with E-state index in [4.69, 9.17) is 9.47 Å². The first-order valence-corrected chi connectivity index (χ1v) is 11.9. The average molecular weight is 467 g/mol. The van der Waals surface area contributed by atoms with Crippen molar-refractivity contribution in [3.63, 3.8) is 0 Å². The van der Waals surface area contributed by atoms with Crippen molar-refractivity contribution in [1.82, 2.24) is 0 Å².